The maximum atomic E-state index is 3.51. The van der Waals surface area contributed by atoms with Gasteiger partial charge in [0, 0.05) is 38.1 Å². The number of hydrogen-bond acceptors (Lipinski definition) is 2. The Morgan fingerprint density at radius 3 is 2.11 bits per heavy atom. The maximum absolute atomic E-state index is 3.51. The molecular formula is C15H23BrN2. The molecule has 0 aliphatic carbocycles. The van der Waals surface area contributed by atoms with Crippen molar-refractivity contribution in [1.82, 2.24) is 9.80 Å². The Morgan fingerprint density at radius 1 is 0.889 bits per heavy atom. The van der Waals surface area contributed by atoms with Gasteiger partial charge in [0.25, 0.3) is 0 Å². The fourth-order valence-electron chi connectivity index (χ4n) is 2.51. The summed E-state index contributed by atoms with van der Waals surface area (Å²) in [5.74, 6) is 0. The summed E-state index contributed by atoms with van der Waals surface area (Å²) in [6.45, 7) is 7.38. The number of hydrogen-bond donors (Lipinski definition) is 0. The maximum Gasteiger partial charge on any atom is 0.0159 e. The van der Waals surface area contributed by atoms with Crippen LogP contribution in [0, 0.1) is 0 Å². The molecule has 18 heavy (non-hydrogen) atoms. The fraction of sp³-hybridized carbons (Fsp3) is 0.600. The van der Waals surface area contributed by atoms with Crippen molar-refractivity contribution in [3.05, 3.63) is 35.9 Å². The van der Waals surface area contributed by atoms with Crippen LogP contribution in [0.1, 0.15) is 12.0 Å². The summed E-state index contributed by atoms with van der Waals surface area (Å²) < 4.78 is 0. The summed E-state index contributed by atoms with van der Waals surface area (Å²) in [5.41, 5.74) is 1.47. The highest BCUT2D eigenvalue weighted by molar-refractivity contribution is 9.09. The number of benzene rings is 1. The van der Waals surface area contributed by atoms with E-state index in [0.717, 1.165) is 5.33 Å². The third-order valence-corrected chi connectivity index (χ3v) is 4.00. The number of aryl methyl sites for hydroxylation is 1. The van der Waals surface area contributed by atoms with Gasteiger partial charge < -0.3 is 4.90 Å². The molecule has 3 heteroatoms. The first-order chi connectivity index (χ1) is 8.88. The monoisotopic (exact) mass is 310 g/mol. The van der Waals surface area contributed by atoms with E-state index in [1.807, 2.05) is 0 Å². The van der Waals surface area contributed by atoms with Crippen molar-refractivity contribution < 1.29 is 0 Å². The van der Waals surface area contributed by atoms with Crippen molar-refractivity contribution in [1.29, 1.82) is 0 Å². The molecule has 0 aromatic heterocycles. The van der Waals surface area contributed by atoms with Crippen LogP contribution in [0.3, 0.4) is 0 Å². The van der Waals surface area contributed by atoms with Crippen LogP contribution >= 0.6 is 15.9 Å². The minimum absolute atomic E-state index is 1.10. The van der Waals surface area contributed by atoms with E-state index in [-0.39, 0.29) is 0 Å². The molecule has 0 N–H and O–H groups in total. The summed E-state index contributed by atoms with van der Waals surface area (Å²) in [6, 6.07) is 10.8. The topological polar surface area (TPSA) is 6.48 Å². The highest BCUT2D eigenvalue weighted by Crippen LogP contribution is 2.06. The molecule has 1 saturated heterocycles. The lowest BCUT2D eigenvalue weighted by Crippen LogP contribution is -2.47. The molecule has 0 radical (unpaired) electrons. The predicted octanol–water partition coefficient (Wildman–Crippen LogP) is 2.63. The molecule has 1 aromatic rings. The van der Waals surface area contributed by atoms with Gasteiger partial charge in [-0.05, 0) is 24.9 Å². The summed E-state index contributed by atoms with van der Waals surface area (Å²) in [5, 5.41) is 1.10. The highest BCUT2D eigenvalue weighted by Gasteiger charge is 2.15. The SMILES string of the molecule is BrCCN1CCN(CCCc2ccccc2)CC1. The fourth-order valence-corrected chi connectivity index (χ4v) is 3.01. The molecule has 1 heterocycles. The molecule has 1 aliphatic rings. The summed E-state index contributed by atoms with van der Waals surface area (Å²) in [4.78, 5) is 5.15. The molecule has 0 spiro atoms. The third-order valence-electron chi connectivity index (χ3n) is 3.65. The summed E-state index contributed by atoms with van der Waals surface area (Å²) in [7, 11) is 0. The van der Waals surface area contributed by atoms with Gasteiger partial charge in [0.15, 0.2) is 0 Å². The minimum Gasteiger partial charge on any atom is -0.301 e. The van der Waals surface area contributed by atoms with E-state index in [2.05, 4.69) is 56.1 Å². The molecule has 0 saturated carbocycles. The van der Waals surface area contributed by atoms with Crippen molar-refractivity contribution in [2.45, 2.75) is 12.8 Å². The molecule has 2 nitrogen and oxygen atoms in total. The molecule has 1 aromatic carbocycles. The molecule has 1 fully saturated rings. The van der Waals surface area contributed by atoms with Gasteiger partial charge in [0.05, 0.1) is 0 Å². The highest BCUT2D eigenvalue weighted by atomic mass is 79.9. The third kappa shape index (κ3) is 4.71. The van der Waals surface area contributed by atoms with Gasteiger partial charge in [-0.3, -0.25) is 4.90 Å². The summed E-state index contributed by atoms with van der Waals surface area (Å²) >= 11 is 3.51. The van der Waals surface area contributed by atoms with Gasteiger partial charge in [-0.25, -0.2) is 0 Å². The zero-order chi connectivity index (χ0) is 12.6. The molecule has 0 amide bonds. The Bertz CT molecular complexity index is 321. The van der Waals surface area contributed by atoms with Gasteiger partial charge in [-0.1, -0.05) is 46.3 Å². The van der Waals surface area contributed by atoms with Gasteiger partial charge in [0.2, 0.25) is 0 Å². The Morgan fingerprint density at radius 2 is 1.50 bits per heavy atom. The zero-order valence-corrected chi connectivity index (χ0v) is 12.6. The zero-order valence-electron chi connectivity index (χ0n) is 11.0. The van der Waals surface area contributed by atoms with E-state index < -0.39 is 0 Å². The van der Waals surface area contributed by atoms with Gasteiger partial charge >= 0.3 is 0 Å². The number of alkyl halides is 1. The average molecular weight is 311 g/mol. The van der Waals surface area contributed by atoms with Gasteiger partial charge in [-0.2, -0.15) is 0 Å². The quantitative estimate of drug-likeness (QED) is 0.745. The molecule has 100 valence electrons. The molecule has 0 atom stereocenters. The molecule has 0 unspecified atom stereocenters. The second-order valence-electron chi connectivity index (χ2n) is 4.96. The van der Waals surface area contributed by atoms with Crippen molar-refractivity contribution in [2.24, 2.45) is 0 Å². The standard InChI is InChI=1S/C15H23BrN2/c16-8-10-18-13-11-17(12-14-18)9-4-7-15-5-2-1-3-6-15/h1-3,5-6H,4,7-14H2. The van der Waals surface area contributed by atoms with Crippen LogP contribution in [0.5, 0.6) is 0 Å². The van der Waals surface area contributed by atoms with Crippen LogP contribution in [0.2, 0.25) is 0 Å². The van der Waals surface area contributed by atoms with Crippen LogP contribution in [-0.4, -0.2) is 54.4 Å². The number of piperazine rings is 1. The van der Waals surface area contributed by atoms with Crippen LogP contribution in [-0.2, 0) is 6.42 Å². The van der Waals surface area contributed by atoms with E-state index in [0.29, 0.717) is 0 Å². The van der Waals surface area contributed by atoms with Crippen LogP contribution in [0.15, 0.2) is 30.3 Å². The molecular weight excluding hydrogens is 288 g/mol. The minimum atomic E-state index is 1.10. The first kappa shape index (κ1) is 14.0. The van der Waals surface area contributed by atoms with Crippen LogP contribution < -0.4 is 0 Å². The van der Waals surface area contributed by atoms with Crippen molar-refractivity contribution >= 4 is 15.9 Å². The average Bonchev–Trinajstić information content (AvgIpc) is 2.42. The second kappa shape index (κ2) is 7.93. The van der Waals surface area contributed by atoms with Crippen LogP contribution in [0.25, 0.3) is 0 Å². The largest absolute Gasteiger partial charge is 0.301 e. The molecule has 2 rings (SSSR count). The Hall–Kier alpha value is -0.380. The van der Waals surface area contributed by atoms with Crippen molar-refractivity contribution in [3.63, 3.8) is 0 Å². The molecule has 1 aliphatic heterocycles. The van der Waals surface area contributed by atoms with E-state index in [1.54, 1.807) is 0 Å². The van der Waals surface area contributed by atoms with Crippen molar-refractivity contribution in [3.8, 4) is 0 Å². The van der Waals surface area contributed by atoms with E-state index in [1.165, 1.54) is 57.7 Å². The van der Waals surface area contributed by atoms with Gasteiger partial charge in [-0.15, -0.1) is 0 Å². The smallest absolute Gasteiger partial charge is 0.0159 e. The lowest BCUT2D eigenvalue weighted by atomic mass is 10.1. The van der Waals surface area contributed by atoms with Crippen LogP contribution in [0.4, 0.5) is 0 Å². The molecule has 0 bridgehead atoms. The van der Waals surface area contributed by atoms with Crippen molar-refractivity contribution in [2.75, 3.05) is 44.6 Å². The van der Waals surface area contributed by atoms with E-state index in [9.17, 15) is 0 Å². The normalized spacial score (nSPS) is 18.1. The van der Waals surface area contributed by atoms with E-state index >= 15 is 0 Å². The first-order valence-corrected chi connectivity index (χ1v) is 8.05. The Kier molecular flexibility index (Phi) is 6.18. The van der Waals surface area contributed by atoms with E-state index in [4.69, 9.17) is 0 Å². The lowest BCUT2D eigenvalue weighted by molar-refractivity contribution is 0.137. The first-order valence-electron chi connectivity index (χ1n) is 6.93. The Balaban J connectivity index is 1.61. The predicted molar refractivity (Wildman–Crippen MR) is 81.4 cm³/mol. The Labute approximate surface area is 119 Å². The number of rotatable bonds is 6. The number of nitrogens with zero attached hydrogens (tertiary/aromatic N) is 2. The summed E-state index contributed by atoms with van der Waals surface area (Å²) in [6.07, 6.45) is 2.49. The second-order valence-corrected chi connectivity index (χ2v) is 5.75. The van der Waals surface area contributed by atoms with Gasteiger partial charge in [0.1, 0.15) is 0 Å². The number of halogens is 1. The lowest BCUT2D eigenvalue weighted by Gasteiger charge is -2.34.